The van der Waals surface area contributed by atoms with Crippen molar-refractivity contribution in [3.63, 3.8) is 0 Å². The minimum Gasteiger partial charge on any atom is -0.493 e. The van der Waals surface area contributed by atoms with E-state index < -0.39 is 12.0 Å². The second kappa shape index (κ2) is 12.4. The number of fused-ring (bicyclic) bond motifs is 1. The summed E-state index contributed by atoms with van der Waals surface area (Å²) in [5.74, 6) is 0.572. The van der Waals surface area contributed by atoms with Crippen molar-refractivity contribution in [3.8, 4) is 17.6 Å². The zero-order chi connectivity index (χ0) is 29.1. The SMILES string of the molecule is CCOC(=O)C1=C(C)N=c2s/c(=C/c3cc(I)c(OCc4ccccc4C#N)c(OC)c3)c(=O)n2[C@H]1c1cccs1. The molecule has 208 valence electrons. The van der Waals surface area contributed by atoms with Crippen LogP contribution in [-0.2, 0) is 16.1 Å². The molecule has 0 aliphatic carbocycles. The third-order valence-electron chi connectivity index (χ3n) is 6.39. The van der Waals surface area contributed by atoms with Gasteiger partial charge in [-0.2, -0.15) is 5.26 Å². The molecule has 0 saturated heterocycles. The highest BCUT2D eigenvalue weighted by molar-refractivity contribution is 14.1. The Kier molecular flexibility index (Phi) is 8.72. The van der Waals surface area contributed by atoms with Crippen LogP contribution in [0.5, 0.6) is 11.5 Å². The molecule has 8 nitrogen and oxygen atoms in total. The van der Waals surface area contributed by atoms with Gasteiger partial charge in [0, 0.05) is 10.4 Å². The molecule has 0 N–H and O–H groups in total. The van der Waals surface area contributed by atoms with Gasteiger partial charge in [0.25, 0.3) is 5.56 Å². The summed E-state index contributed by atoms with van der Waals surface area (Å²) in [7, 11) is 1.56. The van der Waals surface area contributed by atoms with E-state index in [1.165, 1.54) is 22.7 Å². The van der Waals surface area contributed by atoms with Crippen molar-refractivity contribution in [1.29, 1.82) is 5.26 Å². The lowest BCUT2D eigenvalue weighted by molar-refractivity contribution is -0.139. The van der Waals surface area contributed by atoms with Crippen molar-refractivity contribution < 1.29 is 19.0 Å². The maximum absolute atomic E-state index is 13.8. The number of carbonyl (C=O) groups is 1. The predicted octanol–water partition coefficient (Wildman–Crippen LogP) is 4.92. The molecule has 0 spiro atoms. The van der Waals surface area contributed by atoms with Crippen molar-refractivity contribution in [2.45, 2.75) is 26.5 Å². The quantitative estimate of drug-likeness (QED) is 0.191. The van der Waals surface area contributed by atoms with Crippen LogP contribution in [0, 0.1) is 14.9 Å². The van der Waals surface area contributed by atoms with Gasteiger partial charge in [-0.25, -0.2) is 9.79 Å². The second-order valence-electron chi connectivity index (χ2n) is 8.91. The Morgan fingerprint density at radius 2 is 2.05 bits per heavy atom. The lowest BCUT2D eigenvalue weighted by Crippen LogP contribution is -2.39. The molecule has 1 aliphatic rings. The maximum atomic E-state index is 13.8. The maximum Gasteiger partial charge on any atom is 0.338 e. The lowest BCUT2D eigenvalue weighted by atomic mass is 10.0. The van der Waals surface area contributed by atoms with Crippen molar-refractivity contribution in [1.82, 2.24) is 4.57 Å². The summed E-state index contributed by atoms with van der Waals surface area (Å²) in [5.41, 5.74) is 2.72. The van der Waals surface area contributed by atoms with Crippen LogP contribution in [0.15, 0.2) is 75.0 Å². The molecule has 0 bridgehead atoms. The van der Waals surface area contributed by atoms with Crippen LogP contribution in [0.1, 0.15) is 41.5 Å². The Balaban J connectivity index is 1.55. The molecular weight excluding hydrogens is 673 g/mol. The predicted molar refractivity (Wildman–Crippen MR) is 166 cm³/mol. The van der Waals surface area contributed by atoms with Gasteiger partial charge in [0.1, 0.15) is 12.6 Å². The zero-order valence-electron chi connectivity index (χ0n) is 22.3. The first-order valence-corrected chi connectivity index (χ1v) is 15.3. The Bertz CT molecular complexity index is 1880. The van der Waals surface area contributed by atoms with Crippen LogP contribution >= 0.6 is 45.3 Å². The standard InChI is InChI=1S/C30H24IN3O5S2/c1-4-38-29(36)25-17(2)33-30-34(26(25)23-10-7-11-40-23)28(35)24(41-30)14-18-12-21(31)27(22(13-18)37-3)39-16-20-9-6-5-8-19(20)15-32/h5-14,26H,4,16H2,1-3H3/b24-14+/t26-/m0/s1. The minimum absolute atomic E-state index is 0.207. The number of allylic oxidation sites excluding steroid dienone is 1. The number of rotatable bonds is 8. The number of ether oxygens (including phenoxy) is 3. The highest BCUT2D eigenvalue weighted by Crippen LogP contribution is 2.35. The third kappa shape index (κ3) is 5.72. The molecule has 4 aromatic rings. The van der Waals surface area contributed by atoms with Gasteiger partial charge >= 0.3 is 5.97 Å². The van der Waals surface area contributed by atoms with E-state index in [-0.39, 0.29) is 18.8 Å². The molecule has 5 rings (SSSR count). The zero-order valence-corrected chi connectivity index (χ0v) is 26.1. The average molecular weight is 698 g/mol. The third-order valence-corrected chi connectivity index (χ3v) is 9.10. The van der Waals surface area contributed by atoms with Gasteiger partial charge in [-0.05, 0) is 77.7 Å². The molecule has 1 aliphatic heterocycles. The molecule has 0 amide bonds. The van der Waals surface area contributed by atoms with E-state index in [2.05, 4.69) is 33.7 Å². The van der Waals surface area contributed by atoms with Crippen LogP contribution in [0.25, 0.3) is 6.08 Å². The molecule has 3 heterocycles. The van der Waals surface area contributed by atoms with Crippen molar-refractivity contribution >= 4 is 57.3 Å². The van der Waals surface area contributed by atoms with Gasteiger partial charge < -0.3 is 14.2 Å². The molecule has 0 saturated carbocycles. The number of nitriles is 1. The van der Waals surface area contributed by atoms with Gasteiger partial charge in [-0.1, -0.05) is 35.6 Å². The number of aromatic nitrogens is 1. The monoisotopic (exact) mass is 697 g/mol. The molecule has 1 atom stereocenters. The van der Waals surface area contributed by atoms with Gasteiger partial charge in [-0.3, -0.25) is 9.36 Å². The summed E-state index contributed by atoms with van der Waals surface area (Å²) in [6, 6.07) is 16.3. The molecule has 11 heteroatoms. The number of nitrogens with zero attached hydrogens (tertiary/aromatic N) is 3. The molecule has 2 aromatic heterocycles. The van der Waals surface area contributed by atoms with Crippen LogP contribution in [0.2, 0.25) is 0 Å². The molecule has 2 aromatic carbocycles. The van der Waals surface area contributed by atoms with Crippen molar-refractivity contribution in [3.05, 3.63) is 110 Å². The highest BCUT2D eigenvalue weighted by atomic mass is 127. The van der Waals surface area contributed by atoms with Crippen molar-refractivity contribution in [2.75, 3.05) is 13.7 Å². The first-order valence-electron chi connectivity index (χ1n) is 12.6. The van der Waals surface area contributed by atoms with Crippen LogP contribution in [0.3, 0.4) is 0 Å². The number of halogens is 1. The fourth-order valence-corrected chi connectivity index (χ4v) is 7.18. The smallest absolute Gasteiger partial charge is 0.338 e. The summed E-state index contributed by atoms with van der Waals surface area (Å²) in [5, 5.41) is 11.3. The first kappa shape index (κ1) is 28.8. The van der Waals surface area contributed by atoms with E-state index in [0.29, 0.717) is 37.7 Å². The van der Waals surface area contributed by atoms with Gasteiger partial charge in [0.2, 0.25) is 0 Å². The van der Waals surface area contributed by atoms with E-state index in [9.17, 15) is 14.9 Å². The molecule has 0 radical (unpaired) electrons. The van der Waals surface area contributed by atoms with E-state index in [0.717, 1.165) is 19.6 Å². The topological polar surface area (TPSA) is 103 Å². The van der Waals surface area contributed by atoms with E-state index in [1.807, 2.05) is 41.8 Å². The number of benzene rings is 2. The average Bonchev–Trinajstić information content (AvgIpc) is 3.60. The van der Waals surface area contributed by atoms with Gasteiger partial charge in [0.15, 0.2) is 16.3 Å². The van der Waals surface area contributed by atoms with Gasteiger partial charge in [-0.15, -0.1) is 11.3 Å². The lowest BCUT2D eigenvalue weighted by Gasteiger charge is -2.23. The molecule has 0 fully saturated rings. The Labute approximate surface area is 257 Å². The summed E-state index contributed by atoms with van der Waals surface area (Å²) < 4.78 is 19.9. The fourth-order valence-electron chi connectivity index (χ4n) is 4.53. The summed E-state index contributed by atoms with van der Waals surface area (Å²) in [6.07, 6.45) is 1.79. The number of hydrogen-bond acceptors (Lipinski definition) is 9. The molecule has 41 heavy (non-hydrogen) atoms. The number of thiazole rings is 1. The van der Waals surface area contributed by atoms with E-state index in [4.69, 9.17) is 14.2 Å². The second-order valence-corrected chi connectivity index (χ2v) is 12.1. The van der Waals surface area contributed by atoms with E-state index in [1.54, 1.807) is 43.7 Å². The number of methoxy groups -OCH3 is 1. The van der Waals surface area contributed by atoms with Crippen molar-refractivity contribution in [2.24, 2.45) is 4.99 Å². The highest BCUT2D eigenvalue weighted by Gasteiger charge is 2.33. The number of hydrogen-bond donors (Lipinski definition) is 0. The minimum atomic E-state index is -0.616. The van der Waals surface area contributed by atoms with Crippen LogP contribution in [0.4, 0.5) is 0 Å². The largest absolute Gasteiger partial charge is 0.493 e. The van der Waals surface area contributed by atoms with Crippen LogP contribution < -0.4 is 24.4 Å². The normalized spacial score (nSPS) is 14.7. The Hall–Kier alpha value is -3.73. The Morgan fingerprint density at radius 3 is 2.76 bits per heavy atom. The summed E-state index contributed by atoms with van der Waals surface area (Å²) in [6.45, 7) is 3.95. The fraction of sp³-hybridized carbons (Fsp3) is 0.200. The number of esters is 1. The first-order chi connectivity index (χ1) is 19.9. The Morgan fingerprint density at radius 1 is 1.24 bits per heavy atom. The van der Waals surface area contributed by atoms with E-state index >= 15 is 0 Å². The molecular formula is C30H24IN3O5S2. The molecule has 0 unspecified atom stereocenters. The van der Waals surface area contributed by atoms with Gasteiger partial charge in [0.05, 0.1) is 44.7 Å². The van der Waals surface area contributed by atoms with Crippen LogP contribution in [-0.4, -0.2) is 24.3 Å². The number of carbonyl (C=O) groups excluding carboxylic acids is 1. The summed E-state index contributed by atoms with van der Waals surface area (Å²) >= 11 is 4.91. The summed E-state index contributed by atoms with van der Waals surface area (Å²) in [4.78, 5) is 32.8. The number of thiophene rings is 1.